The lowest BCUT2D eigenvalue weighted by Gasteiger charge is -2.10. The molecule has 92 valence electrons. The van der Waals surface area contributed by atoms with Gasteiger partial charge in [0, 0.05) is 12.5 Å². The topological polar surface area (TPSA) is 64.1 Å². The molecule has 0 aliphatic rings. The van der Waals surface area contributed by atoms with Gasteiger partial charge in [0.15, 0.2) is 0 Å². The van der Waals surface area contributed by atoms with Crippen molar-refractivity contribution in [3.63, 3.8) is 0 Å². The lowest BCUT2D eigenvalue weighted by Crippen LogP contribution is -2.16. The third-order valence-electron chi connectivity index (χ3n) is 2.35. The summed E-state index contributed by atoms with van der Waals surface area (Å²) < 4.78 is 10.5. The Morgan fingerprint density at radius 1 is 1.47 bits per heavy atom. The first kappa shape index (κ1) is 12.0. The summed E-state index contributed by atoms with van der Waals surface area (Å²) in [7, 11) is 0. The van der Waals surface area contributed by atoms with Crippen molar-refractivity contribution in [1.82, 2.24) is 10.2 Å². The predicted molar refractivity (Wildman–Crippen MR) is 64.0 cm³/mol. The molecule has 5 nitrogen and oxygen atoms in total. The molecule has 2 aromatic heterocycles. The van der Waals surface area contributed by atoms with Gasteiger partial charge in [-0.3, -0.25) is 0 Å². The third kappa shape index (κ3) is 3.49. The van der Waals surface area contributed by atoms with E-state index in [2.05, 4.69) is 15.5 Å². The molecule has 6 heteroatoms. The van der Waals surface area contributed by atoms with Crippen molar-refractivity contribution in [2.45, 2.75) is 31.7 Å². The number of aromatic nitrogens is 2. The lowest BCUT2D eigenvalue weighted by atomic mass is 10.1. The minimum absolute atomic E-state index is 0.226. The van der Waals surface area contributed by atoms with Crippen LogP contribution in [0.25, 0.3) is 0 Å². The van der Waals surface area contributed by atoms with Crippen LogP contribution in [0.5, 0.6) is 0 Å². The van der Waals surface area contributed by atoms with Gasteiger partial charge in [-0.15, -0.1) is 16.7 Å². The van der Waals surface area contributed by atoms with Gasteiger partial charge in [-0.2, -0.15) is 0 Å². The molecule has 0 fully saturated rings. The molecule has 1 N–H and O–H groups in total. The van der Waals surface area contributed by atoms with E-state index in [0.717, 1.165) is 18.6 Å². The Morgan fingerprint density at radius 3 is 3.00 bits per heavy atom. The van der Waals surface area contributed by atoms with E-state index < -0.39 is 0 Å². The van der Waals surface area contributed by atoms with Crippen molar-refractivity contribution in [3.8, 4) is 0 Å². The van der Waals surface area contributed by atoms with Crippen LogP contribution in [-0.2, 0) is 12.3 Å². The number of hydrogen-bond donors (Lipinski definition) is 1. The van der Waals surface area contributed by atoms with Gasteiger partial charge in [-0.05, 0) is 25.5 Å². The van der Waals surface area contributed by atoms with Crippen LogP contribution in [0.4, 0.5) is 6.01 Å². The zero-order valence-electron chi connectivity index (χ0n) is 9.52. The summed E-state index contributed by atoms with van der Waals surface area (Å²) in [5.41, 5.74) is 0. The van der Waals surface area contributed by atoms with Crippen LogP contribution in [0.1, 0.15) is 25.0 Å². The molecular formula is C11H14ClN3O2. The summed E-state index contributed by atoms with van der Waals surface area (Å²) in [6.45, 7) is 2.05. The average Bonchev–Trinajstić information content (AvgIpc) is 2.97. The maximum atomic E-state index is 5.57. The highest BCUT2D eigenvalue weighted by Crippen LogP contribution is 2.12. The molecule has 1 atom stereocenters. The van der Waals surface area contributed by atoms with Crippen molar-refractivity contribution in [2.75, 3.05) is 5.32 Å². The Balaban J connectivity index is 1.78. The molecule has 1 unspecified atom stereocenters. The van der Waals surface area contributed by atoms with E-state index in [0.29, 0.717) is 11.9 Å². The smallest absolute Gasteiger partial charge is 0.315 e. The number of aryl methyl sites for hydroxylation is 1. The number of anilines is 1. The molecule has 0 aliphatic heterocycles. The minimum Gasteiger partial charge on any atom is -0.469 e. The van der Waals surface area contributed by atoms with E-state index in [1.165, 1.54) is 0 Å². The minimum atomic E-state index is 0.226. The molecular weight excluding hydrogens is 242 g/mol. The zero-order chi connectivity index (χ0) is 12.1. The molecule has 17 heavy (non-hydrogen) atoms. The molecule has 2 heterocycles. The summed E-state index contributed by atoms with van der Waals surface area (Å²) >= 11 is 5.57. The molecule has 0 saturated carbocycles. The fourth-order valence-electron chi connectivity index (χ4n) is 1.46. The first-order valence-electron chi connectivity index (χ1n) is 5.45. The van der Waals surface area contributed by atoms with E-state index in [1.54, 1.807) is 6.26 Å². The molecule has 0 aliphatic carbocycles. The number of hydrogen-bond acceptors (Lipinski definition) is 5. The maximum Gasteiger partial charge on any atom is 0.315 e. The molecule has 0 spiro atoms. The van der Waals surface area contributed by atoms with E-state index in [4.69, 9.17) is 20.4 Å². The van der Waals surface area contributed by atoms with Crippen LogP contribution in [0.15, 0.2) is 27.2 Å². The summed E-state index contributed by atoms with van der Waals surface area (Å²) in [6, 6.07) is 4.49. The van der Waals surface area contributed by atoms with Gasteiger partial charge in [-0.1, -0.05) is 5.10 Å². The van der Waals surface area contributed by atoms with E-state index in [1.807, 2.05) is 19.1 Å². The molecule has 2 aromatic rings. The maximum absolute atomic E-state index is 5.57. The molecule has 0 amide bonds. The normalized spacial score (nSPS) is 12.6. The third-order valence-corrected chi connectivity index (χ3v) is 2.58. The fraction of sp³-hybridized carbons (Fsp3) is 0.455. The first-order chi connectivity index (χ1) is 8.28. The summed E-state index contributed by atoms with van der Waals surface area (Å²) in [6.07, 6.45) is 3.47. The SMILES string of the molecule is CC(CCc1ccco1)Nc1nnc(CCl)o1. The monoisotopic (exact) mass is 255 g/mol. The van der Waals surface area contributed by atoms with Gasteiger partial charge in [0.25, 0.3) is 0 Å². The van der Waals surface area contributed by atoms with Crippen molar-refractivity contribution >= 4 is 17.6 Å². The Hall–Kier alpha value is -1.49. The van der Waals surface area contributed by atoms with Crippen molar-refractivity contribution < 1.29 is 8.83 Å². The van der Waals surface area contributed by atoms with Crippen LogP contribution in [0.3, 0.4) is 0 Å². The van der Waals surface area contributed by atoms with Crippen LogP contribution >= 0.6 is 11.6 Å². The summed E-state index contributed by atoms with van der Waals surface area (Å²) in [4.78, 5) is 0. The van der Waals surface area contributed by atoms with Crippen LogP contribution in [-0.4, -0.2) is 16.2 Å². The standard InChI is InChI=1S/C11H14ClN3O2/c1-8(4-5-9-3-2-6-16-9)13-11-15-14-10(7-12)17-11/h2-3,6,8H,4-5,7H2,1H3,(H,13,15). The first-order valence-corrected chi connectivity index (χ1v) is 5.98. The highest BCUT2D eigenvalue weighted by Gasteiger charge is 2.09. The lowest BCUT2D eigenvalue weighted by molar-refractivity contribution is 0.486. The van der Waals surface area contributed by atoms with E-state index in [9.17, 15) is 0 Å². The van der Waals surface area contributed by atoms with Gasteiger partial charge in [0.05, 0.1) is 6.26 Å². The largest absolute Gasteiger partial charge is 0.469 e. The predicted octanol–water partition coefficient (Wildman–Crippen LogP) is 2.83. The Labute approximate surface area is 104 Å². The second kappa shape index (κ2) is 5.72. The molecule has 0 bridgehead atoms. The summed E-state index contributed by atoms with van der Waals surface area (Å²) in [5, 5.41) is 10.7. The Kier molecular flexibility index (Phi) is 4.03. The van der Waals surface area contributed by atoms with Gasteiger partial charge >= 0.3 is 6.01 Å². The number of nitrogens with zero attached hydrogens (tertiary/aromatic N) is 2. The van der Waals surface area contributed by atoms with Gasteiger partial charge in [0.1, 0.15) is 11.6 Å². The fourth-order valence-corrected chi connectivity index (χ4v) is 1.57. The van der Waals surface area contributed by atoms with E-state index >= 15 is 0 Å². The second-order valence-electron chi connectivity index (χ2n) is 3.80. The number of nitrogens with one attached hydrogen (secondary N) is 1. The van der Waals surface area contributed by atoms with Crippen LogP contribution < -0.4 is 5.32 Å². The number of furan rings is 1. The average molecular weight is 256 g/mol. The second-order valence-corrected chi connectivity index (χ2v) is 4.07. The molecule has 2 rings (SSSR count). The van der Waals surface area contributed by atoms with Gasteiger partial charge < -0.3 is 14.2 Å². The van der Waals surface area contributed by atoms with Crippen molar-refractivity contribution in [2.24, 2.45) is 0 Å². The van der Waals surface area contributed by atoms with Gasteiger partial charge in [0.2, 0.25) is 5.89 Å². The number of rotatable bonds is 6. The van der Waals surface area contributed by atoms with Gasteiger partial charge in [-0.25, -0.2) is 0 Å². The van der Waals surface area contributed by atoms with Crippen molar-refractivity contribution in [3.05, 3.63) is 30.0 Å². The van der Waals surface area contributed by atoms with E-state index in [-0.39, 0.29) is 11.9 Å². The zero-order valence-corrected chi connectivity index (χ0v) is 10.3. The molecule has 0 saturated heterocycles. The number of halogens is 1. The quantitative estimate of drug-likeness (QED) is 0.804. The summed E-state index contributed by atoms with van der Waals surface area (Å²) in [5.74, 6) is 1.63. The highest BCUT2D eigenvalue weighted by atomic mass is 35.5. The van der Waals surface area contributed by atoms with Crippen molar-refractivity contribution in [1.29, 1.82) is 0 Å². The Morgan fingerprint density at radius 2 is 2.35 bits per heavy atom. The molecule has 0 radical (unpaired) electrons. The van der Waals surface area contributed by atoms with Crippen LogP contribution in [0, 0.1) is 0 Å². The number of alkyl halides is 1. The molecule has 0 aromatic carbocycles. The Bertz CT molecular complexity index is 441. The van der Waals surface area contributed by atoms with Crippen LogP contribution in [0.2, 0.25) is 0 Å². The highest BCUT2D eigenvalue weighted by molar-refractivity contribution is 6.16.